The van der Waals surface area contributed by atoms with Gasteiger partial charge in [0.15, 0.2) is 0 Å². The molecule has 0 aromatic heterocycles. The predicted molar refractivity (Wildman–Crippen MR) is 160 cm³/mol. The molecule has 0 bridgehead atoms. The van der Waals surface area contributed by atoms with Crippen LogP contribution in [0.5, 0.6) is 0 Å². The molecular formula is C31H47N5O7. The maximum Gasteiger partial charge on any atom is 0.414 e. The molecule has 3 aliphatic rings. The van der Waals surface area contributed by atoms with Gasteiger partial charge in [-0.2, -0.15) is 0 Å². The van der Waals surface area contributed by atoms with Gasteiger partial charge in [-0.05, 0) is 36.1 Å². The van der Waals surface area contributed by atoms with Crippen LogP contribution in [0.25, 0.3) is 0 Å². The summed E-state index contributed by atoms with van der Waals surface area (Å²) in [5.74, 6) is -2.01. The predicted octanol–water partition coefficient (Wildman–Crippen LogP) is 2.99. The molecule has 5 amide bonds. The minimum absolute atomic E-state index is 0.0113. The lowest BCUT2D eigenvalue weighted by Crippen LogP contribution is -2.73. The third-order valence-electron chi connectivity index (χ3n) is 10.2. The Morgan fingerprint density at radius 3 is 2.19 bits per heavy atom. The molecule has 7 N–H and O–H groups in total. The molecule has 2 fully saturated rings. The second-order valence-electron chi connectivity index (χ2n) is 14.7. The summed E-state index contributed by atoms with van der Waals surface area (Å²) in [5, 5.41) is 28.5. The first-order valence-corrected chi connectivity index (χ1v) is 14.8. The highest BCUT2D eigenvalue weighted by molar-refractivity contribution is 5.99. The molecule has 0 saturated heterocycles. The van der Waals surface area contributed by atoms with Crippen LogP contribution in [0.4, 0.5) is 15.3 Å². The van der Waals surface area contributed by atoms with E-state index in [1.54, 1.807) is 18.2 Å². The minimum atomic E-state index is -1.51. The Labute approximate surface area is 253 Å². The number of amides is 5. The molecule has 1 unspecified atom stereocenters. The number of hydrogen-bond donors (Lipinski definition) is 6. The van der Waals surface area contributed by atoms with Crippen LogP contribution in [0.3, 0.4) is 0 Å². The van der Waals surface area contributed by atoms with E-state index in [0.717, 1.165) is 5.56 Å². The summed E-state index contributed by atoms with van der Waals surface area (Å²) in [6, 6.07) is 4.29. The van der Waals surface area contributed by atoms with E-state index in [1.165, 1.54) is 0 Å². The molecule has 2 saturated carbocycles. The zero-order chi connectivity index (χ0) is 32.3. The minimum Gasteiger partial charge on any atom is -0.465 e. The zero-order valence-corrected chi connectivity index (χ0v) is 26.4. The largest absolute Gasteiger partial charge is 0.465 e. The number of aliphatic hydroxyl groups is 1. The van der Waals surface area contributed by atoms with Gasteiger partial charge >= 0.3 is 12.1 Å². The van der Waals surface area contributed by atoms with E-state index >= 15 is 0 Å². The van der Waals surface area contributed by atoms with Crippen molar-refractivity contribution >= 4 is 29.6 Å². The van der Waals surface area contributed by atoms with Gasteiger partial charge in [-0.1, -0.05) is 61.5 Å². The lowest BCUT2D eigenvalue weighted by atomic mass is 9.49. The van der Waals surface area contributed by atoms with Crippen molar-refractivity contribution in [2.75, 3.05) is 18.6 Å². The van der Waals surface area contributed by atoms with Crippen LogP contribution in [-0.2, 0) is 20.7 Å². The summed E-state index contributed by atoms with van der Waals surface area (Å²) in [4.78, 5) is 51.3. The number of fused-ring (bicyclic) bond motifs is 1. The number of hydrogen-bond acceptors (Lipinski definition) is 7. The highest BCUT2D eigenvalue weighted by atomic mass is 16.5. The summed E-state index contributed by atoms with van der Waals surface area (Å²) in [6.45, 7) is 14.9. The molecule has 0 radical (unpaired) electrons. The molecule has 12 heteroatoms. The Hall–Kier alpha value is -3.22. The summed E-state index contributed by atoms with van der Waals surface area (Å²) in [5.41, 5.74) is 6.70. The molecule has 0 aliphatic heterocycles. The van der Waals surface area contributed by atoms with Crippen molar-refractivity contribution in [1.82, 2.24) is 15.5 Å². The average molecular weight is 602 g/mol. The fourth-order valence-electron chi connectivity index (χ4n) is 8.18. The number of benzene rings is 1. The Balaban J connectivity index is 1.33. The molecule has 43 heavy (non-hydrogen) atoms. The second kappa shape index (κ2) is 11.0. The number of aryl methyl sites for hydroxylation is 1. The standard InChI is InChI=1S/C31H47N5O7/c1-28(2)22(32)29(3,4)25(28)43-15-33-26(40)34-17-10-12-18-16(13-17)9-11-19(18)21(38)36(27(41)42)14-20(37)35-23-30(5,6)24(39)31(23,7)8/h10,12-13,19,22-25,39H,9,11,14-15,32H2,1-8H3,(H,35,37)(H,41,42)(H2,33,34,40). The van der Waals surface area contributed by atoms with Crippen molar-refractivity contribution in [2.24, 2.45) is 27.4 Å². The fourth-order valence-corrected chi connectivity index (χ4v) is 8.18. The van der Waals surface area contributed by atoms with E-state index in [2.05, 4.69) is 16.0 Å². The topological polar surface area (TPSA) is 183 Å². The monoisotopic (exact) mass is 601 g/mol. The van der Waals surface area contributed by atoms with Crippen molar-refractivity contribution in [3.8, 4) is 0 Å². The number of imide groups is 1. The number of carbonyl (C=O) groups excluding carboxylic acids is 3. The number of urea groups is 1. The van der Waals surface area contributed by atoms with Crippen molar-refractivity contribution in [2.45, 2.75) is 98.4 Å². The van der Waals surface area contributed by atoms with Gasteiger partial charge in [0.1, 0.15) is 13.3 Å². The van der Waals surface area contributed by atoms with Crippen molar-refractivity contribution in [3.63, 3.8) is 0 Å². The summed E-state index contributed by atoms with van der Waals surface area (Å²) in [6.07, 6.45) is -1.35. The summed E-state index contributed by atoms with van der Waals surface area (Å²) >= 11 is 0. The maximum absolute atomic E-state index is 13.4. The van der Waals surface area contributed by atoms with Crippen LogP contribution >= 0.6 is 0 Å². The molecule has 1 aromatic carbocycles. The Morgan fingerprint density at radius 2 is 1.60 bits per heavy atom. The van der Waals surface area contributed by atoms with Crippen LogP contribution in [0.15, 0.2) is 18.2 Å². The molecule has 4 rings (SSSR count). The van der Waals surface area contributed by atoms with Crippen LogP contribution < -0.4 is 21.7 Å². The number of nitrogens with one attached hydrogen (secondary N) is 3. The first-order valence-electron chi connectivity index (χ1n) is 14.8. The van der Waals surface area contributed by atoms with E-state index in [9.17, 15) is 29.4 Å². The smallest absolute Gasteiger partial charge is 0.414 e. The molecule has 12 nitrogen and oxygen atoms in total. The number of anilines is 1. The molecule has 3 aliphatic carbocycles. The third-order valence-corrected chi connectivity index (χ3v) is 10.2. The summed E-state index contributed by atoms with van der Waals surface area (Å²) in [7, 11) is 0. The molecule has 1 aromatic rings. The van der Waals surface area contributed by atoms with Crippen molar-refractivity contribution in [3.05, 3.63) is 29.3 Å². The van der Waals surface area contributed by atoms with Gasteiger partial charge in [-0.15, -0.1) is 0 Å². The third kappa shape index (κ3) is 5.60. The van der Waals surface area contributed by atoms with E-state index in [-0.39, 0.29) is 35.7 Å². The van der Waals surface area contributed by atoms with Gasteiger partial charge < -0.3 is 36.6 Å². The first kappa shape index (κ1) is 32.7. The van der Waals surface area contributed by atoms with Crippen LogP contribution in [0, 0.1) is 21.7 Å². The van der Waals surface area contributed by atoms with E-state index in [0.29, 0.717) is 29.0 Å². The number of rotatable bonds is 8. The zero-order valence-electron chi connectivity index (χ0n) is 26.4. The highest BCUT2D eigenvalue weighted by Crippen LogP contribution is 2.54. The molecular weight excluding hydrogens is 554 g/mol. The SMILES string of the molecule is CC1(C)C(O)C(C)(C)C1NC(=O)CN(C(=O)O)C(=O)C1CCc2cc(NC(=O)NCOC3C(C)(C)C(N)C3(C)C)ccc21. The normalized spacial score (nSPS) is 28.8. The van der Waals surface area contributed by atoms with E-state index in [4.69, 9.17) is 10.5 Å². The lowest BCUT2D eigenvalue weighted by Gasteiger charge is -2.62. The lowest BCUT2D eigenvalue weighted by molar-refractivity contribution is -0.202. The van der Waals surface area contributed by atoms with Gasteiger partial charge in [-0.3, -0.25) is 9.59 Å². The number of ether oxygens (including phenoxy) is 1. The second-order valence-corrected chi connectivity index (χ2v) is 14.7. The fraction of sp³-hybridized carbons (Fsp3) is 0.677. The van der Waals surface area contributed by atoms with Gasteiger partial charge in [0.05, 0.1) is 18.1 Å². The molecule has 0 spiro atoms. The van der Waals surface area contributed by atoms with Crippen LogP contribution in [-0.4, -0.2) is 76.6 Å². The number of carbonyl (C=O) groups is 4. The van der Waals surface area contributed by atoms with Gasteiger partial charge in [-0.25, -0.2) is 14.5 Å². The Kier molecular flexibility index (Phi) is 8.40. The van der Waals surface area contributed by atoms with Crippen molar-refractivity contribution in [1.29, 1.82) is 0 Å². The number of nitrogens with two attached hydrogens (primary N) is 1. The van der Waals surface area contributed by atoms with Crippen LogP contribution in [0.1, 0.15) is 78.9 Å². The highest BCUT2D eigenvalue weighted by Gasteiger charge is 2.62. The summed E-state index contributed by atoms with van der Waals surface area (Å²) < 4.78 is 5.94. The van der Waals surface area contributed by atoms with E-state index < -0.39 is 53.3 Å². The molecule has 1 atom stereocenters. The van der Waals surface area contributed by atoms with Gasteiger partial charge in [0.2, 0.25) is 11.8 Å². The number of carboxylic acid groups (broad SMARTS) is 1. The quantitative estimate of drug-likeness (QED) is 0.246. The Bertz CT molecular complexity index is 1280. The van der Waals surface area contributed by atoms with Gasteiger partial charge in [0.25, 0.3) is 0 Å². The number of nitrogens with zero attached hydrogens (tertiary/aromatic N) is 1. The molecule has 0 heterocycles. The van der Waals surface area contributed by atoms with Gasteiger partial charge in [0, 0.05) is 39.4 Å². The first-order chi connectivity index (χ1) is 19.7. The number of aliphatic hydroxyl groups excluding tert-OH is 1. The molecule has 238 valence electrons. The maximum atomic E-state index is 13.4. The van der Waals surface area contributed by atoms with Crippen LogP contribution in [0.2, 0.25) is 0 Å². The van der Waals surface area contributed by atoms with E-state index in [1.807, 2.05) is 55.4 Å². The van der Waals surface area contributed by atoms with Crippen molar-refractivity contribution < 1.29 is 34.1 Å². The Morgan fingerprint density at radius 1 is 1.00 bits per heavy atom. The average Bonchev–Trinajstić information content (AvgIpc) is 3.34.